The zero-order valence-corrected chi connectivity index (χ0v) is 9.89. The zero-order chi connectivity index (χ0) is 12.3. The van der Waals surface area contributed by atoms with E-state index in [9.17, 15) is 4.79 Å². The Morgan fingerprint density at radius 2 is 2.12 bits per heavy atom. The fraction of sp³-hybridized carbons (Fsp3) is 0.385. The van der Waals surface area contributed by atoms with Crippen molar-refractivity contribution in [1.29, 1.82) is 0 Å². The van der Waals surface area contributed by atoms with Gasteiger partial charge < -0.3 is 5.11 Å². The topological polar surface area (TPSA) is 55.1 Å². The summed E-state index contributed by atoms with van der Waals surface area (Å²) < 4.78 is 1.80. The lowest BCUT2D eigenvalue weighted by Gasteiger charge is -2.01. The maximum atomic E-state index is 11.1. The second-order valence-corrected chi connectivity index (χ2v) is 4.10. The van der Waals surface area contributed by atoms with E-state index >= 15 is 0 Å². The van der Waals surface area contributed by atoms with Crippen LogP contribution >= 0.6 is 0 Å². The number of nitrogens with zero attached hydrogens (tertiary/aromatic N) is 2. The van der Waals surface area contributed by atoms with Crippen molar-refractivity contribution in [2.24, 2.45) is 0 Å². The van der Waals surface area contributed by atoms with Crippen LogP contribution in [0.3, 0.4) is 0 Å². The number of carbonyl (C=O) groups is 1. The number of unbranched alkanes of at least 4 members (excludes halogenated alkanes) is 2. The van der Waals surface area contributed by atoms with Crippen LogP contribution in [0.4, 0.5) is 0 Å². The predicted molar refractivity (Wildman–Crippen MR) is 66.2 cm³/mol. The van der Waals surface area contributed by atoms with Crippen LogP contribution in [0, 0.1) is 0 Å². The van der Waals surface area contributed by atoms with E-state index < -0.39 is 5.97 Å². The highest BCUT2D eigenvalue weighted by atomic mass is 16.4. The fourth-order valence-electron chi connectivity index (χ4n) is 1.97. The number of carboxylic acids is 1. The van der Waals surface area contributed by atoms with Gasteiger partial charge in [0.05, 0.1) is 5.52 Å². The molecule has 1 heterocycles. The van der Waals surface area contributed by atoms with Crippen LogP contribution in [0.5, 0.6) is 0 Å². The Bertz CT molecular complexity index is 531. The molecule has 1 aromatic carbocycles. The van der Waals surface area contributed by atoms with Gasteiger partial charge in [-0.1, -0.05) is 38.0 Å². The molecule has 1 aromatic heterocycles. The van der Waals surface area contributed by atoms with E-state index in [1.165, 1.54) is 0 Å². The average Bonchev–Trinajstić information content (AvgIpc) is 2.69. The summed E-state index contributed by atoms with van der Waals surface area (Å²) in [4.78, 5) is 11.1. The van der Waals surface area contributed by atoms with Crippen molar-refractivity contribution in [3.8, 4) is 0 Å². The third-order valence-corrected chi connectivity index (χ3v) is 2.83. The van der Waals surface area contributed by atoms with Crippen LogP contribution in [0.2, 0.25) is 0 Å². The molecular formula is C13H16N2O2. The third-order valence-electron chi connectivity index (χ3n) is 2.83. The van der Waals surface area contributed by atoms with Gasteiger partial charge >= 0.3 is 5.97 Å². The van der Waals surface area contributed by atoms with Crippen molar-refractivity contribution in [3.05, 3.63) is 30.0 Å². The van der Waals surface area contributed by atoms with Crippen molar-refractivity contribution >= 4 is 16.9 Å². The van der Waals surface area contributed by atoms with Crippen molar-refractivity contribution in [2.75, 3.05) is 0 Å². The van der Waals surface area contributed by atoms with Gasteiger partial charge in [-0.3, -0.25) is 4.68 Å². The number of carboxylic acid groups (broad SMARTS) is 1. The van der Waals surface area contributed by atoms with Crippen LogP contribution in [-0.4, -0.2) is 20.9 Å². The van der Waals surface area contributed by atoms with Crippen LogP contribution in [0.1, 0.15) is 36.7 Å². The predicted octanol–water partition coefficient (Wildman–Crippen LogP) is 2.92. The van der Waals surface area contributed by atoms with E-state index in [0.717, 1.165) is 36.7 Å². The third kappa shape index (κ3) is 2.30. The first-order chi connectivity index (χ1) is 8.24. The molecular weight excluding hydrogens is 216 g/mol. The molecule has 4 heteroatoms. The lowest BCUT2D eigenvalue weighted by molar-refractivity contribution is 0.0691. The van der Waals surface area contributed by atoms with E-state index in [0.29, 0.717) is 0 Å². The highest BCUT2D eigenvalue weighted by Crippen LogP contribution is 2.18. The molecule has 0 unspecified atom stereocenters. The van der Waals surface area contributed by atoms with Gasteiger partial charge in [0, 0.05) is 11.9 Å². The molecule has 0 amide bonds. The average molecular weight is 232 g/mol. The normalized spacial score (nSPS) is 10.9. The number of aryl methyl sites for hydroxylation is 1. The van der Waals surface area contributed by atoms with Gasteiger partial charge in [0.25, 0.3) is 0 Å². The molecule has 2 aromatic rings. The summed E-state index contributed by atoms with van der Waals surface area (Å²) in [6, 6.07) is 7.47. The summed E-state index contributed by atoms with van der Waals surface area (Å²) in [6.07, 6.45) is 3.31. The molecule has 90 valence electrons. The minimum absolute atomic E-state index is 0.150. The molecule has 0 saturated carbocycles. The number of hydrogen-bond acceptors (Lipinski definition) is 2. The van der Waals surface area contributed by atoms with E-state index in [4.69, 9.17) is 5.11 Å². The van der Waals surface area contributed by atoms with E-state index in [2.05, 4.69) is 12.0 Å². The molecule has 17 heavy (non-hydrogen) atoms. The number of hydrogen-bond donors (Lipinski definition) is 1. The fourth-order valence-corrected chi connectivity index (χ4v) is 1.97. The van der Waals surface area contributed by atoms with Gasteiger partial charge in [-0.05, 0) is 12.5 Å². The van der Waals surface area contributed by atoms with E-state index in [1.54, 1.807) is 4.68 Å². The second kappa shape index (κ2) is 4.99. The number of rotatable bonds is 5. The molecule has 1 N–H and O–H groups in total. The first-order valence-electron chi connectivity index (χ1n) is 5.93. The van der Waals surface area contributed by atoms with Crippen LogP contribution in [0.15, 0.2) is 24.3 Å². The standard InChI is InChI=1S/C13H16N2O2/c1-2-3-6-9-15-11-8-5-4-7-10(11)12(14-15)13(16)17/h4-5,7-8H,2-3,6,9H2,1H3,(H,16,17). The Morgan fingerprint density at radius 1 is 1.35 bits per heavy atom. The van der Waals surface area contributed by atoms with Gasteiger partial charge in [0.15, 0.2) is 5.69 Å². The lowest BCUT2D eigenvalue weighted by atomic mass is 10.2. The maximum absolute atomic E-state index is 11.1. The summed E-state index contributed by atoms with van der Waals surface area (Å²) in [5, 5.41) is 14.0. The Balaban J connectivity index is 2.38. The number of benzene rings is 1. The molecule has 0 fully saturated rings. The van der Waals surface area contributed by atoms with Crippen molar-refractivity contribution in [3.63, 3.8) is 0 Å². The minimum Gasteiger partial charge on any atom is -0.476 e. The Kier molecular flexibility index (Phi) is 3.42. The quantitative estimate of drug-likeness (QED) is 0.806. The molecule has 2 rings (SSSR count). The van der Waals surface area contributed by atoms with Gasteiger partial charge in [0.1, 0.15) is 0 Å². The van der Waals surface area contributed by atoms with Crippen LogP contribution in [-0.2, 0) is 6.54 Å². The molecule has 0 aliphatic heterocycles. The summed E-state index contributed by atoms with van der Waals surface area (Å²) >= 11 is 0. The maximum Gasteiger partial charge on any atom is 0.357 e. The van der Waals surface area contributed by atoms with Gasteiger partial charge in [-0.25, -0.2) is 4.79 Å². The zero-order valence-electron chi connectivity index (χ0n) is 9.89. The molecule has 0 aliphatic carbocycles. The van der Waals surface area contributed by atoms with Gasteiger partial charge in [-0.2, -0.15) is 5.10 Å². The second-order valence-electron chi connectivity index (χ2n) is 4.10. The van der Waals surface area contributed by atoms with E-state index in [1.807, 2.05) is 24.3 Å². The molecule has 0 aliphatic rings. The highest BCUT2D eigenvalue weighted by molar-refractivity contribution is 6.01. The Labute approximate surface area is 99.9 Å². The van der Waals surface area contributed by atoms with Gasteiger partial charge in [0.2, 0.25) is 0 Å². The first kappa shape index (κ1) is 11.6. The number of fused-ring (bicyclic) bond motifs is 1. The molecule has 0 spiro atoms. The first-order valence-corrected chi connectivity index (χ1v) is 5.93. The molecule has 0 bridgehead atoms. The molecule has 0 saturated heterocycles. The summed E-state index contributed by atoms with van der Waals surface area (Å²) in [5.41, 5.74) is 1.05. The SMILES string of the molecule is CCCCCn1nc(C(=O)O)c2ccccc21. The number of para-hydroxylation sites is 1. The highest BCUT2D eigenvalue weighted by Gasteiger charge is 2.15. The lowest BCUT2D eigenvalue weighted by Crippen LogP contribution is -2.03. The van der Waals surface area contributed by atoms with Crippen molar-refractivity contribution < 1.29 is 9.90 Å². The van der Waals surface area contributed by atoms with Crippen LogP contribution in [0.25, 0.3) is 10.9 Å². The van der Waals surface area contributed by atoms with Gasteiger partial charge in [-0.15, -0.1) is 0 Å². The Hall–Kier alpha value is -1.84. The monoisotopic (exact) mass is 232 g/mol. The Morgan fingerprint density at radius 3 is 2.82 bits per heavy atom. The minimum atomic E-state index is -0.963. The summed E-state index contributed by atoms with van der Waals surface area (Å²) in [7, 11) is 0. The number of aromatic carboxylic acids is 1. The summed E-state index contributed by atoms with van der Waals surface area (Å²) in [6.45, 7) is 2.92. The molecule has 4 nitrogen and oxygen atoms in total. The largest absolute Gasteiger partial charge is 0.476 e. The molecule has 0 atom stereocenters. The smallest absolute Gasteiger partial charge is 0.357 e. The number of aromatic nitrogens is 2. The van der Waals surface area contributed by atoms with Crippen LogP contribution < -0.4 is 0 Å². The van der Waals surface area contributed by atoms with E-state index in [-0.39, 0.29) is 5.69 Å². The van der Waals surface area contributed by atoms with Crippen molar-refractivity contribution in [1.82, 2.24) is 9.78 Å². The van der Waals surface area contributed by atoms with Crippen molar-refractivity contribution in [2.45, 2.75) is 32.7 Å². The summed E-state index contributed by atoms with van der Waals surface area (Å²) in [5.74, 6) is -0.963. The molecule has 0 radical (unpaired) electrons.